The molecule has 0 saturated heterocycles. The smallest absolute Gasteiger partial charge is 0.288 e. The van der Waals surface area contributed by atoms with E-state index in [0.29, 0.717) is 22.4 Å². The van der Waals surface area contributed by atoms with Crippen LogP contribution in [0.15, 0.2) is 69.6 Å². The Morgan fingerprint density at radius 3 is 2.54 bits per heavy atom. The minimum Gasteiger partial charge on any atom is -0.288 e. The Labute approximate surface area is 154 Å². The van der Waals surface area contributed by atoms with Gasteiger partial charge in [-0.3, -0.25) is 9.36 Å². The SMILES string of the molecule is Cc1cccc(-n2c(=O)c3sccc3n(Cc3ccccc3C)c2=O)c1. The highest BCUT2D eigenvalue weighted by atomic mass is 32.1. The largest absolute Gasteiger partial charge is 0.336 e. The van der Waals surface area contributed by atoms with E-state index in [1.165, 1.54) is 15.9 Å². The van der Waals surface area contributed by atoms with Crippen LogP contribution in [0.1, 0.15) is 16.7 Å². The maximum absolute atomic E-state index is 13.3. The van der Waals surface area contributed by atoms with Crippen molar-refractivity contribution in [1.29, 1.82) is 0 Å². The molecule has 0 fully saturated rings. The normalized spacial score (nSPS) is 11.2. The standard InChI is InChI=1S/C21H18N2O2S/c1-14-6-5-9-17(12-14)23-20(24)19-18(10-11-26-19)22(21(23)25)13-16-8-4-3-7-15(16)2/h3-12H,13H2,1-2H3. The second kappa shape index (κ2) is 6.42. The van der Waals surface area contributed by atoms with Gasteiger partial charge < -0.3 is 0 Å². The molecule has 4 rings (SSSR count). The number of rotatable bonds is 3. The second-order valence-corrected chi connectivity index (χ2v) is 7.33. The molecule has 2 aromatic carbocycles. The van der Waals surface area contributed by atoms with Crippen LogP contribution in [-0.4, -0.2) is 9.13 Å². The van der Waals surface area contributed by atoms with Gasteiger partial charge in [-0.05, 0) is 54.1 Å². The van der Waals surface area contributed by atoms with Crippen molar-refractivity contribution in [3.63, 3.8) is 0 Å². The highest BCUT2D eigenvalue weighted by Gasteiger charge is 2.16. The van der Waals surface area contributed by atoms with E-state index in [1.54, 1.807) is 10.6 Å². The van der Waals surface area contributed by atoms with E-state index in [9.17, 15) is 9.59 Å². The Morgan fingerprint density at radius 2 is 1.77 bits per heavy atom. The molecule has 4 aromatic rings. The number of hydrogen-bond donors (Lipinski definition) is 0. The van der Waals surface area contributed by atoms with Crippen LogP contribution in [0, 0.1) is 13.8 Å². The third-order valence-corrected chi connectivity index (χ3v) is 5.50. The van der Waals surface area contributed by atoms with E-state index < -0.39 is 0 Å². The summed E-state index contributed by atoms with van der Waals surface area (Å²) in [5, 5.41) is 1.86. The molecule has 0 bridgehead atoms. The third kappa shape index (κ3) is 2.70. The molecule has 0 N–H and O–H groups in total. The predicted octanol–water partition coefficient (Wildman–Crippen LogP) is 3.88. The number of fused-ring (bicyclic) bond motifs is 1. The summed E-state index contributed by atoms with van der Waals surface area (Å²) in [7, 11) is 0. The number of aromatic nitrogens is 2. The van der Waals surface area contributed by atoms with Gasteiger partial charge in [0.1, 0.15) is 4.70 Å². The zero-order valence-corrected chi connectivity index (χ0v) is 15.4. The van der Waals surface area contributed by atoms with Gasteiger partial charge in [-0.25, -0.2) is 9.36 Å². The Kier molecular flexibility index (Phi) is 4.09. The molecule has 0 aliphatic rings. The molecule has 130 valence electrons. The van der Waals surface area contributed by atoms with Gasteiger partial charge in [-0.15, -0.1) is 11.3 Å². The summed E-state index contributed by atoms with van der Waals surface area (Å²) in [6, 6.07) is 17.3. The summed E-state index contributed by atoms with van der Waals surface area (Å²) in [5.74, 6) is 0. The van der Waals surface area contributed by atoms with E-state index in [4.69, 9.17) is 0 Å². The lowest BCUT2D eigenvalue weighted by atomic mass is 10.1. The lowest BCUT2D eigenvalue weighted by Crippen LogP contribution is -2.38. The van der Waals surface area contributed by atoms with Gasteiger partial charge in [0.15, 0.2) is 0 Å². The topological polar surface area (TPSA) is 44.0 Å². The van der Waals surface area contributed by atoms with Crippen molar-refractivity contribution in [3.8, 4) is 5.69 Å². The van der Waals surface area contributed by atoms with Crippen molar-refractivity contribution >= 4 is 21.6 Å². The van der Waals surface area contributed by atoms with Gasteiger partial charge in [0.2, 0.25) is 0 Å². The Morgan fingerprint density at radius 1 is 0.962 bits per heavy atom. The highest BCUT2D eigenvalue weighted by Crippen LogP contribution is 2.18. The van der Waals surface area contributed by atoms with E-state index in [0.717, 1.165) is 16.7 Å². The van der Waals surface area contributed by atoms with Gasteiger partial charge >= 0.3 is 5.69 Å². The maximum atomic E-state index is 13.3. The molecule has 0 aliphatic carbocycles. The molecular formula is C21H18N2O2S. The average molecular weight is 362 g/mol. The Hall–Kier alpha value is -2.92. The predicted molar refractivity (Wildman–Crippen MR) is 107 cm³/mol. The van der Waals surface area contributed by atoms with Crippen molar-refractivity contribution in [3.05, 3.63) is 97.5 Å². The number of benzene rings is 2. The van der Waals surface area contributed by atoms with Crippen LogP contribution in [0.2, 0.25) is 0 Å². The monoisotopic (exact) mass is 362 g/mol. The lowest BCUT2D eigenvalue weighted by Gasteiger charge is -2.14. The first-order valence-corrected chi connectivity index (χ1v) is 9.29. The Balaban J connectivity index is 2.02. The second-order valence-electron chi connectivity index (χ2n) is 6.41. The van der Waals surface area contributed by atoms with Crippen LogP contribution in [0.5, 0.6) is 0 Å². The number of aryl methyl sites for hydroxylation is 2. The summed E-state index contributed by atoms with van der Waals surface area (Å²) < 4.78 is 3.57. The van der Waals surface area contributed by atoms with Crippen LogP contribution in [-0.2, 0) is 6.54 Å². The van der Waals surface area contributed by atoms with E-state index >= 15 is 0 Å². The quantitative estimate of drug-likeness (QED) is 0.555. The van der Waals surface area contributed by atoms with Crippen LogP contribution in [0.25, 0.3) is 15.9 Å². The van der Waals surface area contributed by atoms with Crippen LogP contribution >= 0.6 is 11.3 Å². The fraction of sp³-hybridized carbons (Fsp3) is 0.143. The molecule has 0 amide bonds. The molecule has 0 atom stereocenters. The summed E-state index contributed by atoms with van der Waals surface area (Å²) >= 11 is 1.37. The summed E-state index contributed by atoms with van der Waals surface area (Å²) in [4.78, 5) is 26.2. The number of nitrogens with zero attached hydrogens (tertiary/aromatic N) is 2. The van der Waals surface area contributed by atoms with Gasteiger partial charge in [0.25, 0.3) is 5.56 Å². The first-order valence-electron chi connectivity index (χ1n) is 8.41. The zero-order chi connectivity index (χ0) is 18.3. The molecule has 26 heavy (non-hydrogen) atoms. The molecule has 0 unspecified atom stereocenters. The van der Waals surface area contributed by atoms with Crippen molar-refractivity contribution in [2.45, 2.75) is 20.4 Å². The molecule has 0 spiro atoms. The van der Waals surface area contributed by atoms with Crippen molar-refractivity contribution in [2.24, 2.45) is 0 Å². The van der Waals surface area contributed by atoms with E-state index in [-0.39, 0.29) is 11.2 Å². The first-order chi connectivity index (χ1) is 12.6. The van der Waals surface area contributed by atoms with Crippen LogP contribution in [0.3, 0.4) is 0 Å². The van der Waals surface area contributed by atoms with Crippen molar-refractivity contribution in [2.75, 3.05) is 0 Å². The number of hydrogen-bond acceptors (Lipinski definition) is 3. The highest BCUT2D eigenvalue weighted by molar-refractivity contribution is 7.17. The summed E-state index contributed by atoms with van der Waals surface area (Å²) in [5.41, 5.74) is 3.92. The first kappa shape index (κ1) is 16.5. The molecule has 0 saturated carbocycles. The summed E-state index contributed by atoms with van der Waals surface area (Å²) in [6.45, 7) is 4.41. The molecule has 2 heterocycles. The van der Waals surface area contributed by atoms with Crippen LogP contribution in [0.4, 0.5) is 0 Å². The Bertz CT molecular complexity index is 1230. The average Bonchev–Trinajstić information content (AvgIpc) is 3.10. The minimum absolute atomic E-state index is 0.258. The number of thiophene rings is 1. The fourth-order valence-electron chi connectivity index (χ4n) is 3.19. The minimum atomic E-state index is -0.310. The zero-order valence-electron chi connectivity index (χ0n) is 14.6. The molecule has 4 nitrogen and oxygen atoms in total. The van der Waals surface area contributed by atoms with Crippen LogP contribution < -0.4 is 11.2 Å². The maximum Gasteiger partial charge on any atom is 0.336 e. The third-order valence-electron chi connectivity index (χ3n) is 4.60. The van der Waals surface area contributed by atoms with E-state index in [1.807, 2.05) is 67.8 Å². The van der Waals surface area contributed by atoms with Gasteiger partial charge in [0.05, 0.1) is 17.7 Å². The molecular weight excluding hydrogens is 344 g/mol. The van der Waals surface area contributed by atoms with Crippen molar-refractivity contribution in [1.82, 2.24) is 9.13 Å². The van der Waals surface area contributed by atoms with Crippen molar-refractivity contribution < 1.29 is 0 Å². The molecule has 5 heteroatoms. The molecule has 0 radical (unpaired) electrons. The fourth-order valence-corrected chi connectivity index (χ4v) is 4.02. The molecule has 2 aromatic heterocycles. The molecule has 0 aliphatic heterocycles. The van der Waals surface area contributed by atoms with E-state index in [2.05, 4.69) is 0 Å². The lowest BCUT2D eigenvalue weighted by molar-refractivity contribution is 0.713. The van der Waals surface area contributed by atoms with Gasteiger partial charge in [0, 0.05) is 0 Å². The van der Waals surface area contributed by atoms with Gasteiger partial charge in [-0.1, -0.05) is 36.4 Å². The summed E-state index contributed by atoms with van der Waals surface area (Å²) in [6.07, 6.45) is 0. The van der Waals surface area contributed by atoms with Gasteiger partial charge in [-0.2, -0.15) is 0 Å².